The summed E-state index contributed by atoms with van der Waals surface area (Å²) in [6, 6.07) is 9.73. The van der Waals surface area contributed by atoms with Crippen LogP contribution in [-0.4, -0.2) is 5.78 Å². The van der Waals surface area contributed by atoms with E-state index in [1.54, 1.807) is 18.2 Å². The van der Waals surface area contributed by atoms with Gasteiger partial charge in [0.25, 0.3) is 0 Å². The maximum absolute atomic E-state index is 13.2. The highest BCUT2D eigenvalue weighted by Gasteiger charge is 2.10. The zero-order chi connectivity index (χ0) is 14.0. The molecule has 0 amide bonds. The Hall–Kier alpha value is -2.16. The molecule has 0 fully saturated rings. The Morgan fingerprint density at radius 3 is 2.47 bits per heavy atom. The summed E-state index contributed by atoms with van der Waals surface area (Å²) in [5, 5.41) is 0. The number of carbonyl (C=O) groups is 1. The van der Waals surface area contributed by atoms with Gasteiger partial charge in [0.15, 0.2) is 5.78 Å². The molecule has 0 aliphatic carbocycles. The van der Waals surface area contributed by atoms with E-state index in [0.29, 0.717) is 16.8 Å². The summed E-state index contributed by atoms with van der Waals surface area (Å²) in [5.41, 5.74) is 9.52. The van der Waals surface area contributed by atoms with Crippen LogP contribution in [0.25, 0.3) is 0 Å². The summed E-state index contributed by atoms with van der Waals surface area (Å²) in [6.07, 6.45) is 0.187. The minimum Gasteiger partial charge on any atom is -0.398 e. The monoisotopic (exact) mass is 257 g/mol. The van der Waals surface area contributed by atoms with Crippen molar-refractivity contribution in [2.24, 2.45) is 0 Å². The number of benzene rings is 2. The van der Waals surface area contributed by atoms with Crippen LogP contribution in [0.5, 0.6) is 0 Å². The van der Waals surface area contributed by atoms with E-state index >= 15 is 0 Å². The molecular formula is C16H16FNO. The number of nitrogens with two attached hydrogens (primary N) is 1. The molecule has 19 heavy (non-hydrogen) atoms. The molecule has 0 radical (unpaired) electrons. The molecular weight excluding hydrogens is 241 g/mol. The zero-order valence-electron chi connectivity index (χ0n) is 11.0. The smallest absolute Gasteiger partial charge is 0.167 e. The van der Waals surface area contributed by atoms with Crippen LogP contribution in [0.1, 0.15) is 27.0 Å². The number of Topliss-reactive ketones (excluding diaryl/α,β-unsaturated/α-hetero) is 1. The van der Waals surface area contributed by atoms with Crippen LogP contribution in [0.2, 0.25) is 0 Å². The maximum Gasteiger partial charge on any atom is 0.167 e. The van der Waals surface area contributed by atoms with E-state index in [9.17, 15) is 9.18 Å². The number of hydrogen-bond acceptors (Lipinski definition) is 2. The second kappa shape index (κ2) is 5.22. The SMILES string of the molecule is Cc1ccc(C(=O)Cc2cc(F)ccc2C)cc1N. The van der Waals surface area contributed by atoms with Crippen LogP contribution in [0.4, 0.5) is 10.1 Å². The van der Waals surface area contributed by atoms with Gasteiger partial charge < -0.3 is 5.73 Å². The lowest BCUT2D eigenvalue weighted by Gasteiger charge is -2.07. The number of anilines is 1. The van der Waals surface area contributed by atoms with Crippen molar-refractivity contribution in [2.75, 3.05) is 5.73 Å². The van der Waals surface area contributed by atoms with Crippen LogP contribution < -0.4 is 5.73 Å². The molecule has 0 heterocycles. The predicted octanol–water partition coefficient (Wildman–Crippen LogP) is 3.45. The molecule has 0 saturated heterocycles. The molecule has 0 bridgehead atoms. The first kappa shape index (κ1) is 13.3. The number of hydrogen-bond donors (Lipinski definition) is 1. The van der Waals surface area contributed by atoms with Crippen molar-refractivity contribution < 1.29 is 9.18 Å². The van der Waals surface area contributed by atoms with E-state index in [1.165, 1.54) is 12.1 Å². The molecule has 2 N–H and O–H groups in total. The number of ketones is 1. The fraction of sp³-hybridized carbons (Fsp3) is 0.188. The van der Waals surface area contributed by atoms with Crippen molar-refractivity contribution in [3.63, 3.8) is 0 Å². The number of rotatable bonds is 3. The fourth-order valence-electron chi connectivity index (χ4n) is 1.92. The summed E-state index contributed by atoms with van der Waals surface area (Å²) < 4.78 is 13.2. The average molecular weight is 257 g/mol. The van der Waals surface area contributed by atoms with Crippen LogP contribution in [0.15, 0.2) is 36.4 Å². The largest absolute Gasteiger partial charge is 0.398 e. The lowest BCUT2D eigenvalue weighted by atomic mass is 9.98. The van der Waals surface area contributed by atoms with Gasteiger partial charge in [0.2, 0.25) is 0 Å². The van der Waals surface area contributed by atoms with E-state index in [1.807, 2.05) is 19.9 Å². The van der Waals surface area contributed by atoms with Gasteiger partial charge in [-0.25, -0.2) is 4.39 Å². The lowest BCUT2D eigenvalue weighted by Crippen LogP contribution is -2.06. The second-order valence-corrected chi connectivity index (χ2v) is 4.74. The van der Waals surface area contributed by atoms with Gasteiger partial charge in [0, 0.05) is 17.7 Å². The first-order valence-corrected chi connectivity index (χ1v) is 6.11. The Kier molecular flexibility index (Phi) is 3.65. The second-order valence-electron chi connectivity index (χ2n) is 4.74. The van der Waals surface area contributed by atoms with Gasteiger partial charge in [-0.1, -0.05) is 18.2 Å². The Balaban J connectivity index is 2.25. The van der Waals surface area contributed by atoms with Gasteiger partial charge in [0.05, 0.1) is 0 Å². The highest BCUT2D eigenvalue weighted by molar-refractivity contribution is 5.98. The normalized spacial score (nSPS) is 10.5. The van der Waals surface area contributed by atoms with Gasteiger partial charge in [-0.15, -0.1) is 0 Å². The molecule has 0 saturated carbocycles. The molecule has 3 heteroatoms. The van der Waals surface area contributed by atoms with E-state index in [0.717, 1.165) is 11.1 Å². The summed E-state index contributed by atoms with van der Waals surface area (Å²) in [7, 11) is 0. The van der Waals surface area contributed by atoms with Crippen molar-refractivity contribution in [1.29, 1.82) is 0 Å². The van der Waals surface area contributed by atoms with Crippen LogP contribution in [-0.2, 0) is 6.42 Å². The van der Waals surface area contributed by atoms with E-state index in [2.05, 4.69) is 0 Å². The van der Waals surface area contributed by atoms with Crippen molar-refractivity contribution >= 4 is 11.5 Å². The van der Waals surface area contributed by atoms with Crippen molar-refractivity contribution in [3.8, 4) is 0 Å². The molecule has 0 atom stereocenters. The summed E-state index contributed by atoms with van der Waals surface area (Å²) in [4.78, 5) is 12.2. The third kappa shape index (κ3) is 2.99. The Labute approximate surface area is 112 Å². The Morgan fingerprint density at radius 2 is 1.79 bits per heavy atom. The average Bonchev–Trinajstić information content (AvgIpc) is 2.37. The summed E-state index contributed by atoms with van der Waals surface area (Å²) >= 11 is 0. The van der Waals surface area contributed by atoms with Gasteiger partial charge in [0.1, 0.15) is 5.82 Å². The van der Waals surface area contributed by atoms with E-state index in [4.69, 9.17) is 5.73 Å². The van der Waals surface area contributed by atoms with Gasteiger partial charge in [-0.05, 0) is 48.7 Å². The summed E-state index contributed by atoms with van der Waals surface area (Å²) in [5.74, 6) is -0.378. The molecule has 2 rings (SSSR count). The quantitative estimate of drug-likeness (QED) is 0.676. The van der Waals surface area contributed by atoms with Crippen LogP contribution >= 0.6 is 0 Å². The molecule has 0 unspecified atom stereocenters. The predicted molar refractivity (Wildman–Crippen MR) is 74.8 cm³/mol. The van der Waals surface area contributed by atoms with Crippen molar-refractivity contribution in [2.45, 2.75) is 20.3 Å². The topological polar surface area (TPSA) is 43.1 Å². The number of aryl methyl sites for hydroxylation is 2. The van der Waals surface area contributed by atoms with Gasteiger partial charge >= 0.3 is 0 Å². The lowest BCUT2D eigenvalue weighted by molar-refractivity contribution is 0.0993. The van der Waals surface area contributed by atoms with E-state index in [-0.39, 0.29) is 18.0 Å². The number of halogens is 1. The molecule has 2 nitrogen and oxygen atoms in total. The maximum atomic E-state index is 13.2. The molecule has 0 aliphatic rings. The van der Waals surface area contributed by atoms with Crippen LogP contribution in [0.3, 0.4) is 0 Å². The molecule has 0 aromatic heterocycles. The highest BCUT2D eigenvalue weighted by atomic mass is 19.1. The standard InChI is InChI=1S/C16H16FNO/c1-10-4-6-14(17)7-13(10)9-16(19)12-5-3-11(2)15(18)8-12/h3-8H,9,18H2,1-2H3. The first-order valence-electron chi connectivity index (χ1n) is 6.11. The molecule has 2 aromatic rings. The van der Waals surface area contributed by atoms with Crippen LogP contribution in [0, 0.1) is 19.7 Å². The number of nitrogen functional groups attached to an aromatic ring is 1. The minimum atomic E-state index is -0.322. The summed E-state index contributed by atoms with van der Waals surface area (Å²) in [6.45, 7) is 3.76. The van der Waals surface area contributed by atoms with Gasteiger partial charge in [-0.2, -0.15) is 0 Å². The zero-order valence-corrected chi connectivity index (χ0v) is 11.0. The first-order chi connectivity index (χ1) is 8.97. The van der Waals surface area contributed by atoms with Crippen molar-refractivity contribution in [3.05, 3.63) is 64.5 Å². The molecule has 0 spiro atoms. The van der Waals surface area contributed by atoms with E-state index < -0.39 is 0 Å². The molecule has 0 aliphatic heterocycles. The fourth-order valence-corrected chi connectivity index (χ4v) is 1.92. The molecule has 2 aromatic carbocycles. The number of carbonyl (C=O) groups excluding carboxylic acids is 1. The Morgan fingerprint density at radius 1 is 1.11 bits per heavy atom. The van der Waals surface area contributed by atoms with Crippen molar-refractivity contribution in [1.82, 2.24) is 0 Å². The third-order valence-electron chi connectivity index (χ3n) is 3.26. The molecule has 98 valence electrons. The minimum absolute atomic E-state index is 0.0552. The highest BCUT2D eigenvalue weighted by Crippen LogP contribution is 2.17. The third-order valence-corrected chi connectivity index (χ3v) is 3.26. The van der Waals surface area contributed by atoms with Gasteiger partial charge in [-0.3, -0.25) is 4.79 Å². The Bertz CT molecular complexity index is 635.